The summed E-state index contributed by atoms with van der Waals surface area (Å²) in [6, 6.07) is 0. The highest BCUT2D eigenvalue weighted by Crippen LogP contribution is 1.89. The molecular weight excluding hydrogens is 116 g/mol. The third-order valence-corrected chi connectivity index (χ3v) is 1.08. The molecule has 0 saturated heterocycles. The van der Waals surface area contributed by atoms with Crippen LogP contribution in [0, 0.1) is 0 Å². The summed E-state index contributed by atoms with van der Waals surface area (Å²) in [6.45, 7) is 0. The van der Waals surface area contributed by atoms with Crippen LogP contribution >= 0.6 is 0 Å². The average molecular weight is 120 g/mol. The van der Waals surface area contributed by atoms with Gasteiger partial charge in [-0.1, -0.05) is 0 Å². The molecule has 0 aliphatic heterocycles. The molecule has 0 aliphatic rings. The van der Waals surface area contributed by atoms with Crippen molar-refractivity contribution >= 4 is 5.65 Å². The summed E-state index contributed by atoms with van der Waals surface area (Å²) in [4.78, 5) is 7.77. The standard InChI is InChI=1S/C5H4N4/c1-2-9-5(3-6-1)7-4-8-9/h1-4H. The first-order valence-corrected chi connectivity index (χ1v) is 2.56. The van der Waals surface area contributed by atoms with Gasteiger partial charge < -0.3 is 0 Å². The first-order chi connectivity index (χ1) is 4.47. The third-order valence-electron chi connectivity index (χ3n) is 1.08. The van der Waals surface area contributed by atoms with Gasteiger partial charge in [-0.3, -0.25) is 4.98 Å². The summed E-state index contributed by atoms with van der Waals surface area (Å²) >= 11 is 0. The van der Waals surface area contributed by atoms with E-state index in [0.29, 0.717) is 0 Å². The summed E-state index contributed by atoms with van der Waals surface area (Å²) < 4.78 is 1.66. The molecule has 0 atom stereocenters. The Kier molecular flexibility index (Phi) is 0.745. The molecule has 0 fully saturated rings. The highest BCUT2D eigenvalue weighted by atomic mass is 15.3. The van der Waals surface area contributed by atoms with Crippen molar-refractivity contribution in [3.63, 3.8) is 0 Å². The molecule has 0 radical (unpaired) electrons. The molecule has 0 unspecified atom stereocenters. The van der Waals surface area contributed by atoms with E-state index >= 15 is 0 Å². The zero-order valence-electron chi connectivity index (χ0n) is 4.60. The van der Waals surface area contributed by atoms with Gasteiger partial charge in [-0.2, -0.15) is 5.10 Å². The van der Waals surface area contributed by atoms with Crippen LogP contribution in [0.25, 0.3) is 5.65 Å². The van der Waals surface area contributed by atoms with Gasteiger partial charge in [0.25, 0.3) is 0 Å². The average Bonchev–Trinajstić information content (AvgIpc) is 2.33. The lowest BCUT2D eigenvalue weighted by molar-refractivity contribution is 0.946. The van der Waals surface area contributed by atoms with Crippen molar-refractivity contribution in [1.29, 1.82) is 0 Å². The van der Waals surface area contributed by atoms with Crippen LogP contribution in [0.1, 0.15) is 0 Å². The van der Waals surface area contributed by atoms with Gasteiger partial charge in [0, 0.05) is 12.4 Å². The van der Waals surface area contributed by atoms with Gasteiger partial charge in [-0.15, -0.1) is 0 Å². The van der Waals surface area contributed by atoms with Gasteiger partial charge in [0.2, 0.25) is 0 Å². The van der Waals surface area contributed by atoms with Crippen molar-refractivity contribution in [1.82, 2.24) is 19.6 Å². The van der Waals surface area contributed by atoms with Gasteiger partial charge in [0.1, 0.15) is 6.33 Å². The van der Waals surface area contributed by atoms with E-state index in [1.165, 1.54) is 6.33 Å². The Hall–Kier alpha value is -1.45. The van der Waals surface area contributed by atoms with Gasteiger partial charge in [-0.05, 0) is 0 Å². The number of hydrogen-bond acceptors (Lipinski definition) is 3. The van der Waals surface area contributed by atoms with Crippen molar-refractivity contribution in [2.45, 2.75) is 0 Å². The monoisotopic (exact) mass is 120 g/mol. The second-order valence-corrected chi connectivity index (χ2v) is 1.64. The Labute approximate surface area is 51.2 Å². The molecule has 0 saturated carbocycles. The van der Waals surface area contributed by atoms with Crippen LogP contribution in [-0.2, 0) is 0 Å². The highest BCUT2D eigenvalue weighted by molar-refractivity contribution is 5.30. The maximum atomic E-state index is 3.91. The fourth-order valence-electron chi connectivity index (χ4n) is 0.678. The van der Waals surface area contributed by atoms with Gasteiger partial charge in [0.05, 0.1) is 6.20 Å². The quantitative estimate of drug-likeness (QED) is 0.496. The lowest BCUT2D eigenvalue weighted by Gasteiger charge is -1.84. The van der Waals surface area contributed by atoms with Crippen LogP contribution in [0.4, 0.5) is 0 Å². The number of nitrogens with zero attached hydrogens (tertiary/aromatic N) is 4. The van der Waals surface area contributed by atoms with E-state index in [2.05, 4.69) is 15.1 Å². The minimum Gasteiger partial charge on any atom is -0.259 e. The zero-order valence-corrected chi connectivity index (χ0v) is 4.60. The normalized spacial score (nSPS) is 10.2. The molecule has 0 aromatic carbocycles. The molecule has 0 aliphatic carbocycles. The minimum atomic E-state index is 0.775. The van der Waals surface area contributed by atoms with E-state index in [9.17, 15) is 0 Å². The van der Waals surface area contributed by atoms with E-state index in [-0.39, 0.29) is 0 Å². The van der Waals surface area contributed by atoms with Crippen LogP contribution in [-0.4, -0.2) is 19.6 Å². The Morgan fingerprint density at radius 3 is 3.33 bits per heavy atom. The van der Waals surface area contributed by atoms with Crippen LogP contribution in [0.2, 0.25) is 0 Å². The molecule has 2 heterocycles. The van der Waals surface area contributed by atoms with Crippen molar-refractivity contribution in [3.05, 3.63) is 24.9 Å². The molecule has 4 heteroatoms. The maximum Gasteiger partial charge on any atom is 0.173 e. The molecule has 0 bridgehead atoms. The first-order valence-electron chi connectivity index (χ1n) is 2.56. The van der Waals surface area contributed by atoms with Crippen LogP contribution < -0.4 is 0 Å². The SMILES string of the molecule is c1cn2ncnc2cn1. The van der Waals surface area contributed by atoms with E-state index in [1.807, 2.05) is 0 Å². The molecule has 2 rings (SSSR count). The summed E-state index contributed by atoms with van der Waals surface area (Å²) in [6.07, 6.45) is 6.58. The van der Waals surface area contributed by atoms with Gasteiger partial charge in [-0.25, -0.2) is 9.50 Å². The highest BCUT2D eigenvalue weighted by Gasteiger charge is 1.88. The summed E-state index contributed by atoms with van der Waals surface area (Å²) in [7, 11) is 0. The predicted octanol–water partition coefficient (Wildman–Crippen LogP) is 0.124. The molecule has 0 N–H and O–H groups in total. The summed E-state index contributed by atoms with van der Waals surface area (Å²) in [5.41, 5.74) is 0.775. The first kappa shape index (κ1) is 4.43. The molecule has 44 valence electrons. The molecule has 0 spiro atoms. The second kappa shape index (κ2) is 1.51. The Morgan fingerprint density at radius 2 is 2.44 bits per heavy atom. The minimum absolute atomic E-state index is 0.775. The lowest BCUT2D eigenvalue weighted by Crippen LogP contribution is -1.84. The Morgan fingerprint density at radius 1 is 1.44 bits per heavy atom. The van der Waals surface area contributed by atoms with E-state index in [4.69, 9.17) is 0 Å². The fourth-order valence-corrected chi connectivity index (χ4v) is 0.678. The molecule has 2 aromatic heterocycles. The van der Waals surface area contributed by atoms with Crippen molar-refractivity contribution < 1.29 is 0 Å². The number of rotatable bonds is 0. The summed E-state index contributed by atoms with van der Waals surface area (Å²) in [5, 5.41) is 3.88. The van der Waals surface area contributed by atoms with Crippen molar-refractivity contribution in [2.75, 3.05) is 0 Å². The second-order valence-electron chi connectivity index (χ2n) is 1.64. The van der Waals surface area contributed by atoms with Gasteiger partial charge in [0.15, 0.2) is 5.65 Å². The van der Waals surface area contributed by atoms with E-state index < -0.39 is 0 Å². The molecule has 2 aromatic rings. The number of aromatic nitrogens is 4. The number of hydrogen-bond donors (Lipinski definition) is 0. The third kappa shape index (κ3) is 0.561. The maximum absolute atomic E-state index is 3.91. The predicted molar refractivity (Wildman–Crippen MR) is 30.8 cm³/mol. The van der Waals surface area contributed by atoms with Gasteiger partial charge >= 0.3 is 0 Å². The molecule has 9 heavy (non-hydrogen) atoms. The molecule has 0 amide bonds. The largest absolute Gasteiger partial charge is 0.259 e. The Balaban J connectivity index is 2.95. The van der Waals surface area contributed by atoms with Crippen LogP contribution in [0.15, 0.2) is 24.9 Å². The van der Waals surface area contributed by atoms with E-state index in [1.54, 1.807) is 23.1 Å². The van der Waals surface area contributed by atoms with E-state index in [0.717, 1.165) is 5.65 Å². The smallest absolute Gasteiger partial charge is 0.173 e. The topological polar surface area (TPSA) is 43.1 Å². The number of fused-ring (bicyclic) bond motifs is 1. The van der Waals surface area contributed by atoms with Crippen molar-refractivity contribution in [2.24, 2.45) is 0 Å². The lowest BCUT2D eigenvalue weighted by atomic mass is 10.7. The van der Waals surface area contributed by atoms with Crippen molar-refractivity contribution in [3.8, 4) is 0 Å². The van der Waals surface area contributed by atoms with Crippen LogP contribution in [0.3, 0.4) is 0 Å². The molecular formula is C5H4N4. The molecule has 4 nitrogen and oxygen atoms in total. The summed E-state index contributed by atoms with van der Waals surface area (Å²) in [5.74, 6) is 0. The Bertz CT molecular complexity index is 283. The fraction of sp³-hybridized carbons (Fsp3) is 0. The van der Waals surface area contributed by atoms with Crippen LogP contribution in [0.5, 0.6) is 0 Å². The zero-order chi connectivity index (χ0) is 6.10.